The lowest BCUT2D eigenvalue weighted by atomic mass is 9.83. The van der Waals surface area contributed by atoms with E-state index in [1.165, 1.54) is 60.3 Å². The van der Waals surface area contributed by atoms with Crippen molar-refractivity contribution in [1.29, 1.82) is 0 Å². The first-order valence-corrected chi connectivity index (χ1v) is 11.8. The summed E-state index contributed by atoms with van der Waals surface area (Å²) in [6.45, 7) is 11.4. The second-order valence-corrected chi connectivity index (χ2v) is 10.8. The molecule has 0 spiro atoms. The fraction of sp³-hybridized carbons (Fsp3) is 0.258. The molecule has 1 aliphatic rings. The number of fused-ring (bicyclic) bond motifs is 5. The summed E-state index contributed by atoms with van der Waals surface area (Å²) in [5.74, 6) is 1.91. The normalized spacial score (nSPS) is 12.9. The molecule has 2 heterocycles. The largest absolute Gasteiger partial charge is 0.456 e. The molecular weight excluding hydrogens is 402 g/mol. The fourth-order valence-corrected chi connectivity index (χ4v) is 5.64. The van der Waals surface area contributed by atoms with Gasteiger partial charge in [0.2, 0.25) is 5.69 Å². The summed E-state index contributed by atoms with van der Waals surface area (Å²) in [6, 6.07) is 19.9. The summed E-state index contributed by atoms with van der Waals surface area (Å²) in [5, 5.41) is 7.60. The van der Waals surface area contributed by atoms with Crippen LogP contribution in [-0.2, 0) is 13.5 Å². The summed E-state index contributed by atoms with van der Waals surface area (Å²) in [7, 11) is 2.15. The van der Waals surface area contributed by atoms with Gasteiger partial charge >= 0.3 is 0 Å². The summed E-state index contributed by atoms with van der Waals surface area (Å²) in [5.41, 5.74) is 6.71. The minimum atomic E-state index is 0.211. The van der Waals surface area contributed by atoms with Crippen molar-refractivity contribution in [3.05, 3.63) is 77.5 Å². The molecule has 4 aromatic carbocycles. The van der Waals surface area contributed by atoms with Crippen LogP contribution in [0.3, 0.4) is 0 Å². The highest BCUT2D eigenvalue weighted by atomic mass is 16.5. The van der Waals surface area contributed by atoms with Crippen LogP contribution in [0.25, 0.3) is 43.6 Å². The fourth-order valence-electron chi connectivity index (χ4n) is 5.64. The molecule has 2 heteroatoms. The molecule has 0 saturated carbocycles. The highest BCUT2D eigenvalue weighted by Crippen LogP contribution is 2.50. The van der Waals surface area contributed by atoms with E-state index < -0.39 is 0 Å². The van der Waals surface area contributed by atoms with Gasteiger partial charge in [-0.15, -0.1) is 0 Å². The summed E-state index contributed by atoms with van der Waals surface area (Å²) < 4.78 is 8.97. The monoisotopic (exact) mass is 432 g/mol. The molecule has 33 heavy (non-hydrogen) atoms. The van der Waals surface area contributed by atoms with Crippen LogP contribution >= 0.6 is 0 Å². The summed E-state index contributed by atoms with van der Waals surface area (Å²) >= 11 is 0. The van der Waals surface area contributed by atoms with E-state index in [1.54, 1.807) is 0 Å². The number of hydrogen-bond donors (Lipinski definition) is 0. The van der Waals surface area contributed by atoms with Crippen LogP contribution in [0.4, 0.5) is 0 Å². The molecule has 0 aliphatic carbocycles. The zero-order valence-electron chi connectivity index (χ0n) is 20.3. The minimum Gasteiger partial charge on any atom is -0.456 e. The van der Waals surface area contributed by atoms with E-state index in [-0.39, 0.29) is 5.41 Å². The van der Waals surface area contributed by atoms with Crippen LogP contribution in [0, 0.1) is 19.3 Å². The Balaban J connectivity index is 1.76. The lowest BCUT2D eigenvalue weighted by Crippen LogP contribution is -2.31. The lowest BCUT2D eigenvalue weighted by Gasteiger charge is -2.25. The second kappa shape index (κ2) is 6.81. The van der Waals surface area contributed by atoms with Gasteiger partial charge in [-0.25, -0.2) is 4.57 Å². The number of ether oxygens (including phenoxy) is 1. The highest BCUT2D eigenvalue weighted by molar-refractivity contribution is 6.16. The van der Waals surface area contributed by atoms with Crippen molar-refractivity contribution in [2.45, 2.75) is 41.0 Å². The molecule has 1 aliphatic heterocycles. The van der Waals surface area contributed by atoms with Crippen LogP contribution in [0.15, 0.2) is 60.8 Å². The second-order valence-electron chi connectivity index (χ2n) is 10.8. The smallest absolute Gasteiger partial charge is 0.228 e. The lowest BCUT2D eigenvalue weighted by molar-refractivity contribution is -0.659. The maximum atomic E-state index is 6.71. The van der Waals surface area contributed by atoms with E-state index in [0.717, 1.165) is 17.9 Å². The predicted molar refractivity (Wildman–Crippen MR) is 138 cm³/mol. The van der Waals surface area contributed by atoms with Crippen molar-refractivity contribution >= 4 is 32.3 Å². The van der Waals surface area contributed by atoms with Crippen LogP contribution in [0.5, 0.6) is 11.5 Å². The van der Waals surface area contributed by atoms with Crippen LogP contribution in [0.2, 0.25) is 0 Å². The van der Waals surface area contributed by atoms with Crippen LogP contribution in [-0.4, -0.2) is 0 Å². The van der Waals surface area contributed by atoms with E-state index >= 15 is 0 Å². The molecule has 0 atom stereocenters. The predicted octanol–water partition coefficient (Wildman–Crippen LogP) is 7.95. The van der Waals surface area contributed by atoms with Crippen molar-refractivity contribution in [3.63, 3.8) is 0 Å². The van der Waals surface area contributed by atoms with E-state index in [0.29, 0.717) is 0 Å². The van der Waals surface area contributed by atoms with Gasteiger partial charge in [-0.3, -0.25) is 0 Å². The van der Waals surface area contributed by atoms with Gasteiger partial charge in [0.15, 0.2) is 6.20 Å². The van der Waals surface area contributed by atoms with Gasteiger partial charge < -0.3 is 4.74 Å². The quantitative estimate of drug-likeness (QED) is 0.190. The van der Waals surface area contributed by atoms with Crippen LogP contribution in [0.1, 0.15) is 37.5 Å². The van der Waals surface area contributed by atoms with E-state index in [9.17, 15) is 0 Å². The molecule has 0 fully saturated rings. The number of benzene rings is 4. The molecule has 0 saturated heterocycles. The molecular formula is C31H30NO+. The van der Waals surface area contributed by atoms with Gasteiger partial charge in [0.1, 0.15) is 18.5 Å². The minimum absolute atomic E-state index is 0.211. The first-order chi connectivity index (χ1) is 15.7. The van der Waals surface area contributed by atoms with Crippen molar-refractivity contribution in [1.82, 2.24) is 0 Å². The molecule has 0 amide bonds. The number of pyridine rings is 1. The average molecular weight is 433 g/mol. The number of aryl methyl sites for hydroxylation is 3. The molecule has 5 aromatic rings. The molecule has 0 bridgehead atoms. The van der Waals surface area contributed by atoms with E-state index in [4.69, 9.17) is 4.74 Å². The third kappa shape index (κ3) is 2.97. The molecule has 0 radical (unpaired) electrons. The SMILES string of the molecule is Cc1ccc2c(cc3c4c([n+](C)ccc42)-c2c(cc4ccccc4c2C)O3)c1CC(C)(C)C. The highest BCUT2D eigenvalue weighted by Gasteiger charge is 2.31. The van der Waals surface area contributed by atoms with Gasteiger partial charge in [0.25, 0.3) is 0 Å². The topological polar surface area (TPSA) is 13.1 Å². The molecule has 2 nitrogen and oxygen atoms in total. The molecule has 0 N–H and O–H groups in total. The number of nitrogens with zero attached hydrogens (tertiary/aromatic N) is 1. The third-order valence-electron chi connectivity index (χ3n) is 7.16. The summed E-state index contributed by atoms with van der Waals surface area (Å²) in [4.78, 5) is 0. The van der Waals surface area contributed by atoms with E-state index in [2.05, 4.69) is 107 Å². The van der Waals surface area contributed by atoms with Gasteiger partial charge in [0, 0.05) is 11.5 Å². The zero-order valence-corrected chi connectivity index (χ0v) is 20.3. The first kappa shape index (κ1) is 20.2. The maximum absolute atomic E-state index is 6.71. The van der Waals surface area contributed by atoms with E-state index in [1.807, 2.05) is 0 Å². The Labute approximate surface area is 195 Å². The number of aromatic nitrogens is 1. The Hall–Kier alpha value is -3.39. The maximum Gasteiger partial charge on any atom is 0.228 e. The first-order valence-electron chi connectivity index (χ1n) is 11.8. The Morgan fingerprint density at radius 1 is 0.818 bits per heavy atom. The Kier molecular flexibility index (Phi) is 4.17. The number of rotatable bonds is 1. The summed E-state index contributed by atoms with van der Waals surface area (Å²) in [6.07, 6.45) is 3.24. The van der Waals surface area contributed by atoms with Crippen molar-refractivity contribution < 1.29 is 9.30 Å². The van der Waals surface area contributed by atoms with Crippen molar-refractivity contribution in [3.8, 4) is 22.8 Å². The molecule has 1 aromatic heterocycles. The van der Waals surface area contributed by atoms with Gasteiger partial charge in [-0.1, -0.05) is 57.2 Å². The average Bonchev–Trinajstić information content (AvgIpc) is 2.76. The molecule has 0 unspecified atom stereocenters. The van der Waals surface area contributed by atoms with Gasteiger partial charge in [-0.05, 0) is 76.1 Å². The number of hydrogen-bond acceptors (Lipinski definition) is 1. The Morgan fingerprint density at radius 2 is 1.61 bits per heavy atom. The molecule has 6 rings (SSSR count). The van der Waals surface area contributed by atoms with Crippen LogP contribution < -0.4 is 9.30 Å². The van der Waals surface area contributed by atoms with Gasteiger partial charge in [-0.2, -0.15) is 0 Å². The Morgan fingerprint density at radius 3 is 2.39 bits per heavy atom. The Bertz CT molecular complexity index is 1620. The molecule has 164 valence electrons. The standard InChI is InChI=1S/C31H30NO/c1-18-11-12-22-23-13-14-32(6)30-28-19(2)21-10-8-7-9-20(21)15-26(28)33-27(29(23)30)16-24(22)25(18)17-31(3,4)5/h7-16H,17H2,1-6H3/q+1. The van der Waals surface area contributed by atoms with Gasteiger partial charge in [0.05, 0.1) is 10.9 Å². The zero-order chi connectivity index (χ0) is 23.1. The van der Waals surface area contributed by atoms with Crippen molar-refractivity contribution in [2.24, 2.45) is 12.5 Å². The van der Waals surface area contributed by atoms with Crippen molar-refractivity contribution in [2.75, 3.05) is 0 Å². The third-order valence-corrected chi connectivity index (χ3v) is 7.16.